The Labute approximate surface area is 123 Å². The Kier molecular flexibility index (Phi) is 4.13. The molecule has 2 nitrogen and oxygen atoms in total. The van der Waals surface area contributed by atoms with Crippen LogP contribution in [0.2, 0.25) is 0 Å². The third kappa shape index (κ3) is 2.91. The van der Waals surface area contributed by atoms with Crippen LogP contribution in [0.3, 0.4) is 0 Å². The maximum absolute atomic E-state index is 6.65. The van der Waals surface area contributed by atoms with Gasteiger partial charge in [-0.3, -0.25) is 4.90 Å². The highest BCUT2D eigenvalue weighted by Gasteiger charge is 2.36. The van der Waals surface area contributed by atoms with Crippen LogP contribution >= 0.6 is 0 Å². The molecular weight excluding hydrogens is 244 g/mol. The third-order valence-electron chi connectivity index (χ3n) is 5.32. The summed E-state index contributed by atoms with van der Waals surface area (Å²) in [6, 6.07) is 11.4. The van der Waals surface area contributed by atoms with Gasteiger partial charge < -0.3 is 5.73 Å². The first-order valence-corrected chi connectivity index (χ1v) is 8.25. The van der Waals surface area contributed by atoms with E-state index in [9.17, 15) is 0 Å². The molecule has 3 atom stereocenters. The van der Waals surface area contributed by atoms with Gasteiger partial charge in [-0.1, -0.05) is 43.2 Å². The number of nitrogens with two attached hydrogens (primary N) is 1. The second kappa shape index (κ2) is 5.87. The highest BCUT2D eigenvalue weighted by molar-refractivity contribution is 5.23. The molecule has 0 bridgehead atoms. The predicted octanol–water partition coefficient (Wildman–Crippen LogP) is 3.52. The van der Waals surface area contributed by atoms with E-state index >= 15 is 0 Å². The van der Waals surface area contributed by atoms with Crippen molar-refractivity contribution in [3.63, 3.8) is 0 Å². The fourth-order valence-electron chi connectivity index (χ4n) is 4.26. The lowest BCUT2D eigenvalue weighted by atomic mass is 9.77. The molecule has 1 heterocycles. The number of nitrogens with zero attached hydrogens (tertiary/aromatic N) is 1. The normalized spacial score (nSPS) is 30.5. The number of rotatable bonds is 3. The lowest BCUT2D eigenvalue weighted by molar-refractivity contribution is 0.0443. The SMILES string of the molecule is CC(N)(CN1CCC[C@H]2CCCC[C@H]21)c1ccccc1. The van der Waals surface area contributed by atoms with Crippen LogP contribution in [0.15, 0.2) is 30.3 Å². The van der Waals surface area contributed by atoms with Crippen LogP contribution in [-0.2, 0) is 5.54 Å². The van der Waals surface area contributed by atoms with Crippen molar-refractivity contribution in [1.82, 2.24) is 4.90 Å². The van der Waals surface area contributed by atoms with E-state index in [1.807, 2.05) is 0 Å². The van der Waals surface area contributed by atoms with E-state index in [-0.39, 0.29) is 5.54 Å². The number of benzene rings is 1. The summed E-state index contributed by atoms with van der Waals surface area (Å²) in [4.78, 5) is 2.69. The fourth-order valence-corrected chi connectivity index (χ4v) is 4.26. The van der Waals surface area contributed by atoms with Crippen LogP contribution < -0.4 is 5.73 Å². The van der Waals surface area contributed by atoms with E-state index in [0.717, 1.165) is 18.5 Å². The van der Waals surface area contributed by atoms with E-state index in [4.69, 9.17) is 5.73 Å². The van der Waals surface area contributed by atoms with E-state index in [1.165, 1.54) is 50.6 Å². The molecule has 20 heavy (non-hydrogen) atoms. The third-order valence-corrected chi connectivity index (χ3v) is 5.32. The fraction of sp³-hybridized carbons (Fsp3) is 0.667. The maximum Gasteiger partial charge on any atom is 0.0510 e. The zero-order chi connectivity index (χ0) is 14.0. The van der Waals surface area contributed by atoms with Crippen molar-refractivity contribution < 1.29 is 0 Å². The van der Waals surface area contributed by atoms with Gasteiger partial charge in [0, 0.05) is 12.6 Å². The molecule has 1 aromatic rings. The Morgan fingerprint density at radius 1 is 1.10 bits per heavy atom. The van der Waals surface area contributed by atoms with Gasteiger partial charge in [0.15, 0.2) is 0 Å². The number of fused-ring (bicyclic) bond motifs is 1. The summed E-state index contributed by atoms with van der Waals surface area (Å²) in [5.74, 6) is 0.934. The smallest absolute Gasteiger partial charge is 0.0510 e. The molecule has 1 aliphatic heterocycles. The van der Waals surface area contributed by atoms with Crippen LogP contribution in [-0.4, -0.2) is 24.0 Å². The van der Waals surface area contributed by atoms with Gasteiger partial charge in [-0.05, 0) is 50.6 Å². The Morgan fingerprint density at radius 2 is 1.80 bits per heavy atom. The van der Waals surface area contributed by atoms with Gasteiger partial charge in [0.05, 0.1) is 5.54 Å². The highest BCUT2D eigenvalue weighted by atomic mass is 15.2. The van der Waals surface area contributed by atoms with Gasteiger partial charge in [-0.2, -0.15) is 0 Å². The van der Waals surface area contributed by atoms with E-state index in [1.54, 1.807) is 0 Å². The monoisotopic (exact) mass is 272 g/mol. The van der Waals surface area contributed by atoms with Gasteiger partial charge in [-0.25, -0.2) is 0 Å². The quantitative estimate of drug-likeness (QED) is 0.912. The summed E-state index contributed by atoms with van der Waals surface area (Å²) >= 11 is 0. The zero-order valence-corrected chi connectivity index (χ0v) is 12.7. The number of hydrogen-bond acceptors (Lipinski definition) is 2. The Balaban J connectivity index is 1.72. The largest absolute Gasteiger partial charge is 0.321 e. The first kappa shape index (κ1) is 14.1. The van der Waals surface area contributed by atoms with Crippen molar-refractivity contribution >= 4 is 0 Å². The molecule has 1 aromatic carbocycles. The molecule has 1 unspecified atom stereocenters. The summed E-state index contributed by atoms with van der Waals surface area (Å²) < 4.78 is 0. The second-order valence-corrected chi connectivity index (χ2v) is 7.01. The van der Waals surface area contributed by atoms with Crippen LogP contribution in [0.4, 0.5) is 0 Å². The maximum atomic E-state index is 6.65. The average Bonchev–Trinajstić information content (AvgIpc) is 2.48. The lowest BCUT2D eigenvalue weighted by Gasteiger charge is -2.46. The summed E-state index contributed by atoms with van der Waals surface area (Å²) in [5, 5.41) is 0. The first-order valence-electron chi connectivity index (χ1n) is 8.25. The summed E-state index contributed by atoms with van der Waals surface area (Å²) in [7, 11) is 0. The molecule has 2 aliphatic rings. The van der Waals surface area contributed by atoms with Gasteiger partial charge in [0.25, 0.3) is 0 Å². The molecular formula is C18H28N2. The van der Waals surface area contributed by atoms with Gasteiger partial charge in [-0.15, -0.1) is 0 Å². The molecule has 1 saturated heterocycles. The van der Waals surface area contributed by atoms with Crippen molar-refractivity contribution in [2.45, 2.75) is 57.0 Å². The Bertz CT molecular complexity index is 424. The lowest BCUT2D eigenvalue weighted by Crippen LogP contribution is -2.54. The standard InChI is InChI=1S/C18H28N2/c1-18(19,16-10-3-2-4-11-16)14-20-13-7-9-15-8-5-6-12-17(15)20/h2-4,10-11,15,17H,5-9,12-14,19H2,1H3/t15-,17-,18?/m1/s1. The summed E-state index contributed by atoms with van der Waals surface area (Å²) in [6.07, 6.45) is 8.46. The van der Waals surface area contributed by atoms with Gasteiger partial charge in [0.2, 0.25) is 0 Å². The molecule has 3 rings (SSSR count). The number of likely N-dealkylation sites (tertiary alicyclic amines) is 1. The molecule has 0 aromatic heterocycles. The van der Waals surface area contributed by atoms with Crippen LogP contribution in [0.1, 0.15) is 51.0 Å². The van der Waals surface area contributed by atoms with Gasteiger partial charge in [0.1, 0.15) is 0 Å². The second-order valence-electron chi connectivity index (χ2n) is 7.01. The van der Waals surface area contributed by atoms with Crippen LogP contribution in [0, 0.1) is 5.92 Å². The van der Waals surface area contributed by atoms with Crippen molar-refractivity contribution in [3.8, 4) is 0 Å². The molecule has 2 heteroatoms. The van der Waals surface area contributed by atoms with Crippen LogP contribution in [0.25, 0.3) is 0 Å². The molecule has 2 N–H and O–H groups in total. The zero-order valence-electron chi connectivity index (χ0n) is 12.7. The molecule has 0 spiro atoms. The van der Waals surface area contributed by atoms with E-state index < -0.39 is 0 Å². The minimum atomic E-state index is -0.236. The molecule has 2 fully saturated rings. The van der Waals surface area contributed by atoms with Crippen molar-refractivity contribution in [2.75, 3.05) is 13.1 Å². The van der Waals surface area contributed by atoms with Crippen LogP contribution in [0.5, 0.6) is 0 Å². The predicted molar refractivity (Wildman–Crippen MR) is 84.5 cm³/mol. The molecule has 1 saturated carbocycles. The van der Waals surface area contributed by atoms with Crippen molar-refractivity contribution in [3.05, 3.63) is 35.9 Å². The van der Waals surface area contributed by atoms with Gasteiger partial charge >= 0.3 is 0 Å². The Hall–Kier alpha value is -0.860. The molecule has 110 valence electrons. The minimum absolute atomic E-state index is 0.236. The van der Waals surface area contributed by atoms with Crippen molar-refractivity contribution in [2.24, 2.45) is 11.7 Å². The first-order chi connectivity index (χ1) is 9.67. The van der Waals surface area contributed by atoms with E-state index in [2.05, 4.69) is 42.2 Å². The Morgan fingerprint density at radius 3 is 2.60 bits per heavy atom. The summed E-state index contributed by atoms with van der Waals surface area (Å²) in [5.41, 5.74) is 7.68. The minimum Gasteiger partial charge on any atom is -0.321 e. The average molecular weight is 272 g/mol. The highest BCUT2D eigenvalue weighted by Crippen LogP contribution is 2.36. The summed E-state index contributed by atoms with van der Waals surface area (Å²) in [6.45, 7) is 4.42. The molecule has 0 radical (unpaired) electrons. The van der Waals surface area contributed by atoms with E-state index in [0.29, 0.717) is 0 Å². The molecule has 0 amide bonds. The number of hydrogen-bond donors (Lipinski definition) is 1. The van der Waals surface area contributed by atoms with Crippen molar-refractivity contribution in [1.29, 1.82) is 0 Å². The number of piperidine rings is 1. The topological polar surface area (TPSA) is 29.3 Å². The molecule has 1 aliphatic carbocycles.